The topological polar surface area (TPSA) is 49.7 Å². The first kappa shape index (κ1) is 16.0. The van der Waals surface area contributed by atoms with Crippen LogP contribution >= 0.6 is 0 Å². The summed E-state index contributed by atoms with van der Waals surface area (Å²) in [6, 6.07) is 3.21. The van der Waals surface area contributed by atoms with Gasteiger partial charge in [0.05, 0.1) is 13.7 Å². The number of hydrogen-bond acceptors (Lipinski definition) is 3. The smallest absolute Gasteiger partial charge is 0.420 e. The van der Waals surface area contributed by atoms with Crippen LogP contribution in [0.1, 0.15) is 24.3 Å². The molecule has 21 heavy (non-hydrogen) atoms. The second kappa shape index (κ2) is 5.46. The van der Waals surface area contributed by atoms with Crippen LogP contribution in [0.25, 0.3) is 0 Å². The Labute approximate surface area is 119 Å². The summed E-state index contributed by atoms with van der Waals surface area (Å²) in [5, 5.41) is 19.2. The van der Waals surface area contributed by atoms with Gasteiger partial charge in [-0.25, -0.2) is 4.39 Å². The molecule has 0 spiro atoms. The van der Waals surface area contributed by atoms with Crippen molar-refractivity contribution in [3.05, 3.63) is 29.6 Å². The minimum Gasteiger partial charge on any atom is -0.496 e. The maximum atomic E-state index is 13.4. The zero-order valence-electron chi connectivity index (χ0n) is 11.3. The van der Waals surface area contributed by atoms with Crippen LogP contribution in [0.4, 0.5) is 17.6 Å². The third-order valence-corrected chi connectivity index (χ3v) is 3.87. The lowest BCUT2D eigenvalue weighted by Crippen LogP contribution is -2.54. The van der Waals surface area contributed by atoms with Crippen LogP contribution in [-0.4, -0.2) is 35.7 Å². The number of methoxy groups -OCH3 is 1. The van der Waals surface area contributed by atoms with Crippen LogP contribution in [0.5, 0.6) is 5.75 Å². The summed E-state index contributed by atoms with van der Waals surface area (Å²) in [6.07, 6.45) is -4.09. The molecule has 1 aliphatic rings. The van der Waals surface area contributed by atoms with E-state index in [0.29, 0.717) is 12.8 Å². The van der Waals surface area contributed by atoms with Gasteiger partial charge in [0.25, 0.3) is 0 Å². The number of aliphatic hydroxyl groups excluding tert-OH is 1. The van der Waals surface area contributed by atoms with Gasteiger partial charge in [-0.05, 0) is 37.0 Å². The molecule has 0 aromatic heterocycles. The zero-order chi connectivity index (χ0) is 15.8. The predicted octanol–water partition coefficient (Wildman–Crippen LogP) is 2.61. The van der Waals surface area contributed by atoms with Gasteiger partial charge in [-0.15, -0.1) is 0 Å². The number of alkyl halides is 3. The van der Waals surface area contributed by atoms with Crippen molar-refractivity contribution in [2.24, 2.45) is 5.92 Å². The average molecular weight is 308 g/mol. The van der Waals surface area contributed by atoms with Crippen LogP contribution < -0.4 is 4.74 Å². The molecule has 0 radical (unpaired) electrons. The molecule has 1 aromatic carbocycles. The monoisotopic (exact) mass is 308 g/mol. The van der Waals surface area contributed by atoms with Crippen molar-refractivity contribution in [1.29, 1.82) is 0 Å². The van der Waals surface area contributed by atoms with Gasteiger partial charge in [0.2, 0.25) is 0 Å². The van der Waals surface area contributed by atoms with Gasteiger partial charge in [-0.3, -0.25) is 0 Å². The van der Waals surface area contributed by atoms with Crippen molar-refractivity contribution in [3.63, 3.8) is 0 Å². The molecular weight excluding hydrogens is 292 g/mol. The predicted molar refractivity (Wildman–Crippen MR) is 66.5 cm³/mol. The van der Waals surface area contributed by atoms with Crippen LogP contribution in [-0.2, 0) is 0 Å². The molecule has 1 fully saturated rings. The molecule has 0 amide bonds. The minimum atomic E-state index is -5.04. The fraction of sp³-hybridized carbons (Fsp3) is 0.571. The quantitative estimate of drug-likeness (QED) is 0.822. The van der Waals surface area contributed by atoms with Crippen molar-refractivity contribution in [1.82, 2.24) is 0 Å². The second-order valence-electron chi connectivity index (χ2n) is 5.28. The summed E-state index contributed by atoms with van der Waals surface area (Å²) in [7, 11) is 1.26. The molecule has 0 heterocycles. The van der Waals surface area contributed by atoms with E-state index in [9.17, 15) is 22.7 Å². The highest BCUT2D eigenvalue weighted by Crippen LogP contribution is 2.54. The molecule has 1 saturated carbocycles. The van der Waals surface area contributed by atoms with Gasteiger partial charge in [-0.2, -0.15) is 13.2 Å². The van der Waals surface area contributed by atoms with Gasteiger partial charge in [0.15, 0.2) is 5.60 Å². The summed E-state index contributed by atoms with van der Waals surface area (Å²) >= 11 is 0. The van der Waals surface area contributed by atoms with E-state index in [0.717, 1.165) is 12.1 Å². The second-order valence-corrected chi connectivity index (χ2v) is 5.28. The van der Waals surface area contributed by atoms with E-state index in [1.54, 1.807) is 0 Å². The van der Waals surface area contributed by atoms with Gasteiger partial charge in [0, 0.05) is 11.5 Å². The number of benzene rings is 1. The Morgan fingerprint density at radius 1 is 1.33 bits per heavy atom. The summed E-state index contributed by atoms with van der Waals surface area (Å²) in [6.45, 7) is -1.49. The first-order chi connectivity index (χ1) is 9.74. The zero-order valence-corrected chi connectivity index (χ0v) is 11.3. The van der Waals surface area contributed by atoms with Crippen LogP contribution in [0.2, 0.25) is 0 Å². The van der Waals surface area contributed by atoms with E-state index >= 15 is 0 Å². The standard InChI is InChI=1S/C14H16F4O3/c1-21-11-5-4-9(15)6-10(11)12(8-2-3-8)13(20,7-19)14(16,17)18/h4-6,8,12,19-20H,2-3,7H2,1H3. The molecule has 0 bridgehead atoms. The van der Waals surface area contributed by atoms with Crippen molar-refractivity contribution in [2.75, 3.05) is 13.7 Å². The molecule has 0 aliphatic heterocycles. The molecule has 2 unspecified atom stereocenters. The molecular formula is C14H16F4O3. The fourth-order valence-electron chi connectivity index (χ4n) is 2.64. The Morgan fingerprint density at radius 2 is 1.95 bits per heavy atom. The minimum absolute atomic E-state index is 0.0597. The molecule has 1 aromatic rings. The van der Waals surface area contributed by atoms with Gasteiger partial charge in [-0.1, -0.05) is 0 Å². The van der Waals surface area contributed by atoms with Gasteiger partial charge < -0.3 is 14.9 Å². The van der Waals surface area contributed by atoms with E-state index in [4.69, 9.17) is 9.84 Å². The Bertz CT molecular complexity index is 513. The van der Waals surface area contributed by atoms with Crippen molar-refractivity contribution in [3.8, 4) is 5.75 Å². The largest absolute Gasteiger partial charge is 0.496 e. The van der Waals surface area contributed by atoms with Crippen LogP contribution in [0.3, 0.4) is 0 Å². The molecule has 118 valence electrons. The Hall–Kier alpha value is -1.34. The summed E-state index contributed by atoms with van der Waals surface area (Å²) in [5.41, 5.74) is -3.40. The number of rotatable bonds is 5. The molecule has 0 saturated heterocycles. The first-order valence-electron chi connectivity index (χ1n) is 6.48. The van der Waals surface area contributed by atoms with E-state index in [-0.39, 0.29) is 11.3 Å². The molecule has 7 heteroatoms. The Kier molecular flexibility index (Phi) is 4.17. The third-order valence-electron chi connectivity index (χ3n) is 3.87. The summed E-state index contributed by atoms with van der Waals surface area (Å²) in [4.78, 5) is 0. The third kappa shape index (κ3) is 2.85. The van der Waals surface area contributed by atoms with Gasteiger partial charge >= 0.3 is 6.18 Å². The van der Waals surface area contributed by atoms with Crippen LogP contribution in [0.15, 0.2) is 18.2 Å². The fourth-order valence-corrected chi connectivity index (χ4v) is 2.64. The molecule has 3 nitrogen and oxygen atoms in total. The Balaban J connectivity index is 2.56. The normalized spacial score (nSPS) is 20.0. The number of aliphatic hydroxyl groups is 2. The number of ether oxygens (including phenoxy) is 1. The summed E-state index contributed by atoms with van der Waals surface area (Å²) < 4.78 is 58.1. The van der Waals surface area contributed by atoms with Crippen molar-refractivity contribution >= 4 is 0 Å². The van der Waals surface area contributed by atoms with Gasteiger partial charge in [0.1, 0.15) is 11.6 Å². The molecule has 2 atom stereocenters. The SMILES string of the molecule is COc1ccc(F)cc1C(C1CC1)C(O)(CO)C(F)(F)F. The molecule has 1 aliphatic carbocycles. The van der Waals surface area contributed by atoms with E-state index in [1.807, 2.05) is 0 Å². The summed E-state index contributed by atoms with van der Waals surface area (Å²) in [5.74, 6) is -2.60. The van der Waals surface area contributed by atoms with E-state index in [2.05, 4.69) is 0 Å². The van der Waals surface area contributed by atoms with Crippen molar-refractivity contribution in [2.45, 2.75) is 30.5 Å². The van der Waals surface area contributed by atoms with E-state index in [1.165, 1.54) is 13.2 Å². The average Bonchev–Trinajstić information content (AvgIpc) is 3.22. The lowest BCUT2D eigenvalue weighted by molar-refractivity contribution is -0.281. The number of halogens is 4. The Morgan fingerprint density at radius 3 is 2.38 bits per heavy atom. The van der Waals surface area contributed by atoms with Crippen molar-refractivity contribution < 1.29 is 32.5 Å². The first-order valence-corrected chi connectivity index (χ1v) is 6.48. The highest BCUT2D eigenvalue weighted by molar-refractivity contribution is 5.40. The lowest BCUT2D eigenvalue weighted by Gasteiger charge is -2.37. The highest BCUT2D eigenvalue weighted by atomic mass is 19.4. The van der Waals surface area contributed by atoms with Crippen LogP contribution in [0, 0.1) is 11.7 Å². The number of hydrogen-bond donors (Lipinski definition) is 2. The molecule has 2 N–H and O–H groups in total. The lowest BCUT2D eigenvalue weighted by atomic mass is 9.78. The maximum Gasteiger partial charge on any atom is 0.420 e. The maximum absolute atomic E-state index is 13.4. The van der Waals surface area contributed by atoms with E-state index < -0.39 is 36.0 Å². The molecule has 2 rings (SSSR count). The highest BCUT2D eigenvalue weighted by Gasteiger charge is 2.62.